The monoisotopic (exact) mass is 410 g/mol. The molecule has 6 rings (SSSR count). The van der Waals surface area contributed by atoms with Crippen LogP contribution in [0.15, 0.2) is 30.3 Å². The van der Waals surface area contributed by atoms with Crippen molar-refractivity contribution in [2.45, 2.75) is 88.6 Å². The zero-order chi connectivity index (χ0) is 20.8. The third kappa shape index (κ3) is 3.50. The first-order valence-electron chi connectivity index (χ1n) is 12.2. The van der Waals surface area contributed by atoms with Gasteiger partial charge in [0.2, 0.25) is 5.91 Å². The molecule has 0 saturated heterocycles. The van der Waals surface area contributed by atoms with Crippen LogP contribution in [0.5, 0.6) is 0 Å². The van der Waals surface area contributed by atoms with E-state index in [2.05, 4.69) is 42.6 Å². The molecule has 0 aromatic heterocycles. The summed E-state index contributed by atoms with van der Waals surface area (Å²) >= 11 is 0. The van der Waals surface area contributed by atoms with E-state index in [0.717, 1.165) is 58.2 Å². The van der Waals surface area contributed by atoms with Crippen LogP contribution in [0.2, 0.25) is 0 Å². The molecule has 5 saturated carbocycles. The van der Waals surface area contributed by atoms with Crippen molar-refractivity contribution in [1.82, 2.24) is 5.32 Å². The van der Waals surface area contributed by atoms with Gasteiger partial charge in [0, 0.05) is 18.7 Å². The zero-order valence-corrected chi connectivity index (χ0v) is 18.5. The first-order chi connectivity index (χ1) is 14.5. The van der Waals surface area contributed by atoms with E-state index in [4.69, 9.17) is 10.5 Å². The SMILES string of the molecule is CCOCC12C[C@H]3CC(C(=O)NC4CCC(N)CC4)(C1)CC(c1ccccc1)(C3)C2. The lowest BCUT2D eigenvalue weighted by molar-refractivity contribution is -0.172. The molecule has 0 heterocycles. The Balaban J connectivity index is 1.45. The zero-order valence-electron chi connectivity index (χ0n) is 18.5. The van der Waals surface area contributed by atoms with Crippen LogP contribution >= 0.6 is 0 Å². The van der Waals surface area contributed by atoms with Crippen LogP contribution < -0.4 is 11.1 Å². The Bertz CT molecular complexity index is 774. The highest BCUT2D eigenvalue weighted by atomic mass is 16.5. The van der Waals surface area contributed by atoms with Crippen molar-refractivity contribution in [3.05, 3.63) is 35.9 Å². The molecular weight excluding hydrogens is 372 g/mol. The Morgan fingerprint density at radius 1 is 1.07 bits per heavy atom. The smallest absolute Gasteiger partial charge is 0.226 e. The highest BCUT2D eigenvalue weighted by Gasteiger charge is 2.66. The maximum Gasteiger partial charge on any atom is 0.226 e. The second kappa shape index (κ2) is 7.63. The molecule has 5 aliphatic rings. The predicted molar refractivity (Wildman–Crippen MR) is 119 cm³/mol. The first-order valence-corrected chi connectivity index (χ1v) is 12.2. The Hall–Kier alpha value is -1.39. The summed E-state index contributed by atoms with van der Waals surface area (Å²) in [5.41, 5.74) is 7.58. The van der Waals surface area contributed by atoms with Crippen molar-refractivity contribution in [2.24, 2.45) is 22.5 Å². The van der Waals surface area contributed by atoms with Crippen LogP contribution in [0.25, 0.3) is 0 Å². The van der Waals surface area contributed by atoms with Gasteiger partial charge in [0.05, 0.1) is 12.0 Å². The molecule has 3 unspecified atom stereocenters. The van der Waals surface area contributed by atoms with Crippen molar-refractivity contribution in [3.8, 4) is 0 Å². The van der Waals surface area contributed by atoms with Gasteiger partial charge >= 0.3 is 0 Å². The lowest BCUT2D eigenvalue weighted by Gasteiger charge is -2.66. The standard InChI is InChI=1S/C26H38N2O2/c1-2-30-18-24-12-19-13-25(15-24,20-6-4-3-5-7-20)17-26(14-19,16-24)23(29)28-22-10-8-21(27)9-11-22/h3-7,19,21-22H,2,8-18,27H2,1H3,(H,28,29)/t19-,21?,22?,24?,25?,26?/m1/s1. The number of carbonyl (C=O) groups is 1. The number of hydrogen-bond donors (Lipinski definition) is 2. The van der Waals surface area contributed by atoms with E-state index in [0.29, 0.717) is 23.9 Å². The molecule has 30 heavy (non-hydrogen) atoms. The van der Waals surface area contributed by atoms with Crippen LogP contribution in [0.1, 0.15) is 76.7 Å². The highest BCUT2D eigenvalue weighted by molar-refractivity contribution is 5.84. The van der Waals surface area contributed by atoms with Gasteiger partial charge in [-0.05, 0) is 93.4 Å². The van der Waals surface area contributed by atoms with Gasteiger partial charge in [-0.1, -0.05) is 30.3 Å². The molecule has 5 fully saturated rings. The molecule has 4 nitrogen and oxygen atoms in total. The summed E-state index contributed by atoms with van der Waals surface area (Å²) in [5, 5.41) is 3.50. The van der Waals surface area contributed by atoms with Crippen LogP contribution in [0.4, 0.5) is 0 Å². The fraction of sp³-hybridized carbons (Fsp3) is 0.731. The third-order valence-corrected chi connectivity index (χ3v) is 8.77. The second-order valence-electron chi connectivity index (χ2n) is 11.2. The van der Waals surface area contributed by atoms with E-state index >= 15 is 0 Å². The number of benzene rings is 1. The molecule has 5 aliphatic carbocycles. The Morgan fingerprint density at radius 2 is 1.83 bits per heavy atom. The first kappa shape index (κ1) is 20.5. The lowest BCUT2D eigenvalue weighted by Crippen LogP contribution is -2.64. The Labute approximate surface area is 181 Å². The van der Waals surface area contributed by atoms with Gasteiger partial charge in [-0.25, -0.2) is 0 Å². The molecule has 4 heteroatoms. The Morgan fingerprint density at radius 3 is 2.57 bits per heavy atom. The minimum Gasteiger partial charge on any atom is -0.381 e. The molecular formula is C26H38N2O2. The second-order valence-corrected chi connectivity index (χ2v) is 11.2. The summed E-state index contributed by atoms with van der Waals surface area (Å²) in [5.74, 6) is 0.959. The fourth-order valence-corrected chi connectivity index (χ4v) is 8.09. The number of nitrogens with two attached hydrogens (primary N) is 1. The normalized spacial score (nSPS) is 42.3. The van der Waals surface area contributed by atoms with Gasteiger partial charge < -0.3 is 15.8 Å². The number of ether oxygens (including phenoxy) is 1. The van der Waals surface area contributed by atoms with Crippen molar-refractivity contribution in [3.63, 3.8) is 0 Å². The lowest BCUT2D eigenvalue weighted by atomic mass is 9.38. The van der Waals surface area contributed by atoms with E-state index < -0.39 is 0 Å². The van der Waals surface area contributed by atoms with Crippen molar-refractivity contribution < 1.29 is 9.53 Å². The van der Waals surface area contributed by atoms with E-state index in [1.807, 2.05) is 0 Å². The van der Waals surface area contributed by atoms with Crippen LogP contribution in [-0.2, 0) is 14.9 Å². The molecule has 4 bridgehead atoms. The number of hydrogen-bond acceptors (Lipinski definition) is 3. The van der Waals surface area contributed by atoms with Crippen LogP contribution in [0, 0.1) is 16.7 Å². The average molecular weight is 411 g/mol. The summed E-state index contributed by atoms with van der Waals surface area (Å²) in [4.78, 5) is 13.9. The molecule has 0 aliphatic heterocycles. The third-order valence-electron chi connectivity index (χ3n) is 8.77. The van der Waals surface area contributed by atoms with E-state index in [1.165, 1.54) is 24.8 Å². The quantitative estimate of drug-likeness (QED) is 0.734. The van der Waals surface area contributed by atoms with E-state index in [1.54, 1.807) is 0 Å². The molecule has 0 spiro atoms. The summed E-state index contributed by atoms with van der Waals surface area (Å²) in [6.45, 7) is 3.65. The minimum absolute atomic E-state index is 0.129. The fourth-order valence-electron chi connectivity index (χ4n) is 8.09. The van der Waals surface area contributed by atoms with Gasteiger partial charge in [0.1, 0.15) is 0 Å². The van der Waals surface area contributed by atoms with Crippen LogP contribution in [0.3, 0.4) is 0 Å². The van der Waals surface area contributed by atoms with Gasteiger partial charge in [-0.2, -0.15) is 0 Å². The average Bonchev–Trinajstić information content (AvgIpc) is 2.74. The van der Waals surface area contributed by atoms with Gasteiger partial charge in [0.25, 0.3) is 0 Å². The number of rotatable bonds is 6. The van der Waals surface area contributed by atoms with Crippen molar-refractivity contribution >= 4 is 5.91 Å². The number of amides is 1. The molecule has 164 valence electrons. The number of nitrogens with one attached hydrogen (secondary N) is 1. The van der Waals surface area contributed by atoms with Gasteiger partial charge in [-0.15, -0.1) is 0 Å². The van der Waals surface area contributed by atoms with Crippen LogP contribution in [-0.4, -0.2) is 31.2 Å². The summed E-state index contributed by atoms with van der Waals surface area (Å²) < 4.78 is 6.04. The molecule has 4 atom stereocenters. The molecule has 0 radical (unpaired) electrons. The summed E-state index contributed by atoms with van der Waals surface area (Å²) in [6.07, 6.45) is 10.8. The summed E-state index contributed by atoms with van der Waals surface area (Å²) in [7, 11) is 0. The van der Waals surface area contributed by atoms with E-state index in [-0.39, 0.29) is 16.2 Å². The van der Waals surface area contributed by atoms with Gasteiger partial charge in [-0.3, -0.25) is 4.79 Å². The maximum atomic E-state index is 13.9. The van der Waals surface area contributed by atoms with Crippen molar-refractivity contribution in [2.75, 3.05) is 13.2 Å². The predicted octanol–water partition coefficient (Wildman–Crippen LogP) is 4.32. The molecule has 3 N–H and O–H groups in total. The Kier molecular flexibility index (Phi) is 5.22. The molecule has 1 aromatic carbocycles. The maximum absolute atomic E-state index is 13.9. The highest BCUT2D eigenvalue weighted by Crippen LogP contribution is 2.70. The minimum atomic E-state index is -0.230. The molecule has 1 aromatic rings. The van der Waals surface area contributed by atoms with Gasteiger partial charge in [0.15, 0.2) is 0 Å². The topological polar surface area (TPSA) is 64.3 Å². The van der Waals surface area contributed by atoms with Crippen molar-refractivity contribution in [1.29, 1.82) is 0 Å². The summed E-state index contributed by atoms with van der Waals surface area (Å²) in [6, 6.07) is 11.7. The molecule has 1 amide bonds. The largest absolute Gasteiger partial charge is 0.381 e. The van der Waals surface area contributed by atoms with E-state index in [9.17, 15) is 4.79 Å². The number of carbonyl (C=O) groups excluding carboxylic acids is 1.